The smallest absolute Gasteiger partial charge is 0.271 e. The molecule has 23 heavy (non-hydrogen) atoms. The van der Waals surface area contributed by atoms with Gasteiger partial charge in [-0.15, -0.1) is 0 Å². The van der Waals surface area contributed by atoms with E-state index in [0.717, 1.165) is 22.1 Å². The maximum absolute atomic E-state index is 12.8. The van der Waals surface area contributed by atoms with E-state index in [1.165, 1.54) is 0 Å². The van der Waals surface area contributed by atoms with Gasteiger partial charge in [-0.25, -0.2) is 0 Å². The lowest BCUT2D eigenvalue weighted by Gasteiger charge is -2.31. The molecule has 0 aromatic heterocycles. The van der Waals surface area contributed by atoms with Gasteiger partial charge in [0.1, 0.15) is 11.5 Å². The summed E-state index contributed by atoms with van der Waals surface area (Å²) in [6.45, 7) is 0. The zero-order valence-electron chi connectivity index (χ0n) is 12.2. The number of benzene rings is 3. The van der Waals surface area contributed by atoms with Crippen molar-refractivity contribution in [3.05, 3.63) is 77.4 Å². The van der Waals surface area contributed by atoms with Gasteiger partial charge in [0.2, 0.25) is 0 Å². The first-order chi connectivity index (χ1) is 11.3. The highest BCUT2D eigenvalue weighted by atomic mass is 16.7. The van der Waals surface area contributed by atoms with Crippen molar-refractivity contribution in [1.82, 2.24) is 0 Å². The first-order valence-electron chi connectivity index (χ1n) is 7.52. The average molecular weight is 300 g/mol. The van der Waals surface area contributed by atoms with Gasteiger partial charge in [0.25, 0.3) is 6.29 Å². The van der Waals surface area contributed by atoms with Crippen LogP contribution in [0, 0.1) is 0 Å². The molecule has 3 aromatic rings. The van der Waals surface area contributed by atoms with Gasteiger partial charge in [0.05, 0.1) is 11.1 Å². The van der Waals surface area contributed by atoms with Gasteiger partial charge in [0, 0.05) is 5.56 Å². The Morgan fingerprint density at radius 2 is 1.57 bits per heavy atom. The Morgan fingerprint density at radius 1 is 0.783 bits per heavy atom. The Labute approximate surface area is 132 Å². The fraction of sp³-hybridized carbons (Fsp3) is 0.0500. The van der Waals surface area contributed by atoms with Crippen LogP contribution in [0.3, 0.4) is 0 Å². The molecule has 2 aliphatic rings. The lowest BCUT2D eigenvalue weighted by atomic mass is 9.93. The third-order valence-electron chi connectivity index (χ3n) is 4.35. The monoisotopic (exact) mass is 300 g/mol. The minimum Gasteiger partial charge on any atom is -0.450 e. The zero-order chi connectivity index (χ0) is 15.4. The molecule has 0 saturated carbocycles. The summed E-state index contributed by atoms with van der Waals surface area (Å²) in [7, 11) is 0. The number of hydrogen-bond acceptors (Lipinski definition) is 3. The molecule has 0 radical (unpaired) electrons. The van der Waals surface area contributed by atoms with E-state index < -0.39 is 6.29 Å². The van der Waals surface area contributed by atoms with Gasteiger partial charge in [-0.1, -0.05) is 42.5 Å². The number of rotatable bonds is 0. The largest absolute Gasteiger partial charge is 0.450 e. The molecule has 110 valence electrons. The molecule has 1 atom stereocenters. The molecule has 0 fully saturated rings. The average Bonchev–Trinajstić information content (AvgIpc) is 2.60. The van der Waals surface area contributed by atoms with Gasteiger partial charge in [-0.3, -0.25) is 4.79 Å². The molecule has 0 saturated heterocycles. The Kier molecular flexibility index (Phi) is 2.42. The van der Waals surface area contributed by atoms with E-state index in [4.69, 9.17) is 9.47 Å². The lowest BCUT2D eigenvalue weighted by molar-refractivity contribution is 0.0262. The van der Waals surface area contributed by atoms with Crippen LogP contribution in [0.25, 0.3) is 16.8 Å². The summed E-state index contributed by atoms with van der Waals surface area (Å²) in [5.74, 6) is 1.28. The third-order valence-corrected chi connectivity index (χ3v) is 4.35. The second-order valence-corrected chi connectivity index (χ2v) is 5.69. The normalized spacial score (nSPS) is 18.2. The fourth-order valence-electron chi connectivity index (χ4n) is 3.22. The van der Waals surface area contributed by atoms with Crippen LogP contribution in [0.4, 0.5) is 0 Å². The standard InChI is InChI=1S/C20H12O3/c21-19-14-7-3-4-8-17(14)22-20-16(19)11-15-13-6-2-1-5-12(13)9-10-18(15)23-20/h1-11,20H. The van der Waals surface area contributed by atoms with Crippen molar-refractivity contribution < 1.29 is 14.3 Å². The van der Waals surface area contributed by atoms with E-state index in [9.17, 15) is 4.79 Å². The number of ketones is 1. The van der Waals surface area contributed by atoms with Crippen LogP contribution in [0.1, 0.15) is 15.9 Å². The predicted octanol–water partition coefficient (Wildman–Crippen LogP) is 4.22. The third kappa shape index (κ3) is 1.73. The summed E-state index contributed by atoms with van der Waals surface area (Å²) in [6.07, 6.45) is 1.23. The van der Waals surface area contributed by atoms with Crippen LogP contribution in [0.2, 0.25) is 0 Å². The lowest BCUT2D eigenvalue weighted by Crippen LogP contribution is -2.36. The van der Waals surface area contributed by atoms with Gasteiger partial charge < -0.3 is 9.47 Å². The minimum atomic E-state index is -0.675. The fourth-order valence-corrected chi connectivity index (χ4v) is 3.22. The molecule has 0 aliphatic carbocycles. The molecule has 3 aromatic carbocycles. The number of fused-ring (bicyclic) bond motifs is 5. The molecular weight excluding hydrogens is 288 g/mol. The van der Waals surface area contributed by atoms with Crippen LogP contribution >= 0.6 is 0 Å². The van der Waals surface area contributed by atoms with Crippen molar-refractivity contribution in [2.45, 2.75) is 6.29 Å². The molecule has 2 heterocycles. The van der Waals surface area contributed by atoms with Gasteiger partial charge >= 0.3 is 0 Å². The van der Waals surface area contributed by atoms with Crippen molar-refractivity contribution in [3.63, 3.8) is 0 Å². The molecule has 5 rings (SSSR count). The van der Waals surface area contributed by atoms with Crippen molar-refractivity contribution in [1.29, 1.82) is 0 Å². The summed E-state index contributed by atoms with van der Waals surface area (Å²) < 4.78 is 11.8. The first-order valence-corrected chi connectivity index (χ1v) is 7.52. The van der Waals surface area contributed by atoms with E-state index >= 15 is 0 Å². The molecular formula is C20H12O3. The van der Waals surface area contributed by atoms with E-state index in [-0.39, 0.29) is 5.78 Å². The molecule has 2 aliphatic heterocycles. The molecule has 0 N–H and O–H groups in total. The number of carbonyl (C=O) groups excluding carboxylic acids is 1. The van der Waals surface area contributed by atoms with Crippen molar-refractivity contribution in [2.24, 2.45) is 0 Å². The summed E-state index contributed by atoms with van der Waals surface area (Å²) in [5.41, 5.74) is 2.07. The van der Waals surface area contributed by atoms with Crippen LogP contribution in [0.15, 0.2) is 66.2 Å². The van der Waals surface area contributed by atoms with Crippen LogP contribution in [-0.4, -0.2) is 12.1 Å². The van der Waals surface area contributed by atoms with Crippen LogP contribution in [-0.2, 0) is 0 Å². The van der Waals surface area contributed by atoms with E-state index in [2.05, 4.69) is 6.07 Å². The van der Waals surface area contributed by atoms with Crippen molar-refractivity contribution in [3.8, 4) is 11.5 Å². The maximum atomic E-state index is 12.8. The number of carbonyl (C=O) groups is 1. The number of Topliss-reactive ketones (excluding diaryl/α,β-unsaturated/α-hetero) is 1. The van der Waals surface area contributed by atoms with Gasteiger partial charge in [0.15, 0.2) is 5.78 Å². The molecule has 3 nitrogen and oxygen atoms in total. The summed E-state index contributed by atoms with van der Waals surface area (Å²) in [4.78, 5) is 12.8. The Morgan fingerprint density at radius 3 is 2.52 bits per heavy atom. The molecule has 0 spiro atoms. The van der Waals surface area contributed by atoms with Gasteiger partial charge in [-0.2, -0.15) is 0 Å². The summed E-state index contributed by atoms with van der Waals surface area (Å²) in [6, 6.07) is 19.3. The molecule has 1 unspecified atom stereocenters. The SMILES string of the molecule is O=C1C2=Cc3c(ccc4ccccc34)OC2Oc2ccccc21. The highest BCUT2D eigenvalue weighted by Crippen LogP contribution is 2.40. The predicted molar refractivity (Wildman–Crippen MR) is 87.7 cm³/mol. The molecule has 0 bridgehead atoms. The Balaban J connectivity index is 1.74. The van der Waals surface area contributed by atoms with E-state index in [1.807, 2.05) is 48.5 Å². The van der Waals surface area contributed by atoms with Crippen LogP contribution < -0.4 is 9.47 Å². The van der Waals surface area contributed by atoms with Gasteiger partial charge in [-0.05, 0) is 35.0 Å². The van der Waals surface area contributed by atoms with E-state index in [0.29, 0.717) is 16.9 Å². The van der Waals surface area contributed by atoms with Crippen LogP contribution in [0.5, 0.6) is 11.5 Å². The Bertz CT molecular complexity index is 1000. The maximum Gasteiger partial charge on any atom is 0.271 e. The molecule has 3 heteroatoms. The second-order valence-electron chi connectivity index (χ2n) is 5.69. The highest BCUT2D eigenvalue weighted by molar-refractivity contribution is 6.15. The highest BCUT2D eigenvalue weighted by Gasteiger charge is 2.36. The molecule has 0 amide bonds. The topological polar surface area (TPSA) is 35.5 Å². The number of ether oxygens (including phenoxy) is 2. The quantitative estimate of drug-likeness (QED) is 0.623. The second kappa shape index (κ2) is 4.46. The zero-order valence-corrected chi connectivity index (χ0v) is 12.2. The first kappa shape index (κ1) is 12.5. The summed E-state index contributed by atoms with van der Waals surface area (Å²) in [5, 5.41) is 2.19. The Hall–Kier alpha value is -3.07. The number of hydrogen-bond donors (Lipinski definition) is 0. The minimum absolute atomic E-state index is 0.0320. The number of para-hydroxylation sites is 1. The van der Waals surface area contributed by atoms with Crippen molar-refractivity contribution in [2.75, 3.05) is 0 Å². The summed E-state index contributed by atoms with van der Waals surface area (Å²) >= 11 is 0. The van der Waals surface area contributed by atoms with E-state index in [1.54, 1.807) is 12.1 Å². The van der Waals surface area contributed by atoms with Crippen molar-refractivity contribution >= 4 is 22.6 Å².